The van der Waals surface area contributed by atoms with E-state index in [1.54, 1.807) is 24.3 Å². The van der Waals surface area contributed by atoms with Gasteiger partial charge in [-0.25, -0.2) is 0 Å². The van der Waals surface area contributed by atoms with Crippen LogP contribution in [0.1, 0.15) is 53.3 Å². The number of aliphatic hydroxyl groups is 1. The zero-order chi connectivity index (χ0) is 14.3. The number of aliphatic hydroxyl groups excluding tert-OH is 1. The summed E-state index contributed by atoms with van der Waals surface area (Å²) in [6.45, 7) is 2.10. The van der Waals surface area contributed by atoms with Gasteiger partial charge in [-0.1, -0.05) is 50.5 Å². The molecule has 0 bridgehead atoms. The fourth-order valence-corrected chi connectivity index (χ4v) is 3.47. The molecule has 1 N–H and O–H groups in total. The fraction of sp³-hybridized carbons (Fsp3) is 0.412. The minimum Gasteiger partial charge on any atom is -0.504 e. The molecule has 0 spiro atoms. The van der Waals surface area contributed by atoms with Gasteiger partial charge in [0.2, 0.25) is 5.78 Å². The summed E-state index contributed by atoms with van der Waals surface area (Å²) in [5, 5.41) is 10.2. The molecule has 3 rings (SSSR count). The molecule has 2 aliphatic rings. The van der Waals surface area contributed by atoms with Crippen LogP contribution in [-0.4, -0.2) is 16.7 Å². The standard InChI is InChI=1S/C17H18O3/c1-10-6-2-3-7-11(10)14-15(18)12-8-4-5-9-13(12)16(19)17(14)20/h4-5,8-11,20H,2-3,6-7H2,1H3. The summed E-state index contributed by atoms with van der Waals surface area (Å²) in [6.07, 6.45) is 4.13. The van der Waals surface area contributed by atoms with Crippen LogP contribution in [-0.2, 0) is 0 Å². The van der Waals surface area contributed by atoms with Crippen molar-refractivity contribution in [1.29, 1.82) is 0 Å². The molecule has 0 aromatic heterocycles. The second-order valence-electron chi connectivity index (χ2n) is 5.83. The Labute approximate surface area is 118 Å². The second-order valence-corrected chi connectivity index (χ2v) is 5.83. The molecule has 1 aromatic rings. The number of carbonyl (C=O) groups is 2. The highest BCUT2D eigenvalue weighted by Crippen LogP contribution is 2.39. The van der Waals surface area contributed by atoms with E-state index in [0.29, 0.717) is 22.6 Å². The number of hydrogen-bond donors (Lipinski definition) is 1. The van der Waals surface area contributed by atoms with Crippen molar-refractivity contribution >= 4 is 11.6 Å². The highest BCUT2D eigenvalue weighted by molar-refractivity contribution is 6.26. The van der Waals surface area contributed by atoms with Crippen LogP contribution in [0.2, 0.25) is 0 Å². The van der Waals surface area contributed by atoms with Crippen molar-refractivity contribution in [2.75, 3.05) is 0 Å². The van der Waals surface area contributed by atoms with Crippen molar-refractivity contribution < 1.29 is 14.7 Å². The summed E-state index contributed by atoms with van der Waals surface area (Å²) in [5.74, 6) is -0.562. The predicted octanol–water partition coefficient (Wildman–Crippen LogP) is 3.70. The number of carbonyl (C=O) groups excluding carboxylic acids is 2. The molecule has 0 amide bonds. The summed E-state index contributed by atoms with van der Waals surface area (Å²) in [6, 6.07) is 6.75. The smallest absolute Gasteiger partial charge is 0.228 e. The molecule has 104 valence electrons. The molecule has 0 aliphatic heterocycles. The van der Waals surface area contributed by atoms with Gasteiger partial charge in [0.05, 0.1) is 0 Å². The molecule has 2 unspecified atom stereocenters. The maximum Gasteiger partial charge on any atom is 0.228 e. The molecule has 3 nitrogen and oxygen atoms in total. The van der Waals surface area contributed by atoms with Gasteiger partial charge in [0, 0.05) is 16.7 Å². The largest absolute Gasteiger partial charge is 0.504 e. The van der Waals surface area contributed by atoms with Crippen molar-refractivity contribution in [1.82, 2.24) is 0 Å². The van der Waals surface area contributed by atoms with Crippen LogP contribution in [0.5, 0.6) is 0 Å². The average Bonchev–Trinajstić information content (AvgIpc) is 2.47. The zero-order valence-corrected chi connectivity index (χ0v) is 11.6. The summed E-state index contributed by atoms with van der Waals surface area (Å²) < 4.78 is 0. The summed E-state index contributed by atoms with van der Waals surface area (Å²) in [7, 11) is 0. The lowest BCUT2D eigenvalue weighted by atomic mass is 9.71. The third kappa shape index (κ3) is 1.89. The van der Waals surface area contributed by atoms with Crippen LogP contribution in [0.15, 0.2) is 35.6 Å². The molecule has 3 heteroatoms. The maximum absolute atomic E-state index is 12.6. The van der Waals surface area contributed by atoms with E-state index >= 15 is 0 Å². The van der Waals surface area contributed by atoms with Crippen molar-refractivity contribution in [3.63, 3.8) is 0 Å². The zero-order valence-electron chi connectivity index (χ0n) is 11.6. The Hall–Kier alpha value is -1.90. The molecule has 1 aromatic carbocycles. The first-order valence-corrected chi connectivity index (χ1v) is 7.23. The Morgan fingerprint density at radius 3 is 2.25 bits per heavy atom. The summed E-state index contributed by atoms with van der Waals surface area (Å²) in [5.41, 5.74) is 1.10. The third-order valence-electron chi connectivity index (χ3n) is 4.61. The number of allylic oxidation sites excluding steroid dienone is 2. The van der Waals surface area contributed by atoms with Gasteiger partial charge in [-0.15, -0.1) is 0 Å². The molecule has 0 heterocycles. The van der Waals surface area contributed by atoms with Gasteiger partial charge in [0.15, 0.2) is 11.5 Å². The van der Waals surface area contributed by atoms with E-state index in [2.05, 4.69) is 6.92 Å². The molecule has 0 saturated heterocycles. The summed E-state index contributed by atoms with van der Waals surface area (Å²) in [4.78, 5) is 24.9. The number of benzene rings is 1. The number of hydrogen-bond acceptors (Lipinski definition) is 3. The number of Topliss-reactive ketones (excluding diaryl/α,β-unsaturated/α-hetero) is 2. The number of fused-ring (bicyclic) bond motifs is 1. The molecule has 1 fully saturated rings. The quantitative estimate of drug-likeness (QED) is 0.846. The van der Waals surface area contributed by atoms with Crippen LogP contribution in [0.4, 0.5) is 0 Å². The maximum atomic E-state index is 12.6. The van der Waals surface area contributed by atoms with Gasteiger partial charge in [-0.2, -0.15) is 0 Å². The van der Waals surface area contributed by atoms with Crippen molar-refractivity contribution in [3.05, 3.63) is 46.7 Å². The average molecular weight is 270 g/mol. The van der Waals surface area contributed by atoms with E-state index < -0.39 is 5.78 Å². The van der Waals surface area contributed by atoms with Crippen LogP contribution >= 0.6 is 0 Å². The Morgan fingerprint density at radius 1 is 1.00 bits per heavy atom. The highest BCUT2D eigenvalue weighted by Gasteiger charge is 2.38. The Bertz CT molecular complexity index is 612. The predicted molar refractivity (Wildman–Crippen MR) is 75.9 cm³/mol. The highest BCUT2D eigenvalue weighted by atomic mass is 16.3. The topological polar surface area (TPSA) is 54.4 Å². The van der Waals surface area contributed by atoms with E-state index in [1.807, 2.05) is 0 Å². The normalized spacial score (nSPS) is 26.6. The van der Waals surface area contributed by atoms with Crippen LogP contribution < -0.4 is 0 Å². The van der Waals surface area contributed by atoms with E-state index in [9.17, 15) is 14.7 Å². The number of ketones is 2. The van der Waals surface area contributed by atoms with E-state index in [1.165, 1.54) is 0 Å². The molecule has 20 heavy (non-hydrogen) atoms. The van der Waals surface area contributed by atoms with Gasteiger partial charge in [0.1, 0.15) is 0 Å². The lowest BCUT2D eigenvalue weighted by Crippen LogP contribution is -2.30. The molecule has 0 radical (unpaired) electrons. The Kier molecular flexibility index (Phi) is 3.20. The molecule has 1 saturated carbocycles. The number of rotatable bonds is 1. The van der Waals surface area contributed by atoms with E-state index in [0.717, 1.165) is 25.7 Å². The first kappa shape index (κ1) is 13.1. The van der Waals surface area contributed by atoms with Crippen molar-refractivity contribution in [3.8, 4) is 0 Å². The Balaban J connectivity index is 2.09. The van der Waals surface area contributed by atoms with Crippen LogP contribution in [0.3, 0.4) is 0 Å². The lowest BCUT2D eigenvalue weighted by Gasteiger charge is -2.32. The first-order chi connectivity index (χ1) is 9.61. The summed E-state index contributed by atoms with van der Waals surface area (Å²) >= 11 is 0. The van der Waals surface area contributed by atoms with E-state index in [-0.39, 0.29) is 17.5 Å². The molecule has 2 aliphatic carbocycles. The SMILES string of the molecule is CC1CCCCC1C1=C(O)C(=O)c2ccccc2C1=O. The monoisotopic (exact) mass is 270 g/mol. The van der Waals surface area contributed by atoms with Gasteiger partial charge in [-0.05, 0) is 18.3 Å². The lowest BCUT2D eigenvalue weighted by molar-refractivity contribution is 0.0907. The van der Waals surface area contributed by atoms with Crippen molar-refractivity contribution in [2.24, 2.45) is 11.8 Å². The second kappa shape index (κ2) is 4.89. The van der Waals surface area contributed by atoms with Crippen LogP contribution in [0.25, 0.3) is 0 Å². The van der Waals surface area contributed by atoms with E-state index in [4.69, 9.17) is 0 Å². The van der Waals surface area contributed by atoms with Crippen molar-refractivity contribution in [2.45, 2.75) is 32.6 Å². The molecule has 2 atom stereocenters. The minimum atomic E-state index is -0.409. The third-order valence-corrected chi connectivity index (χ3v) is 4.61. The Morgan fingerprint density at radius 2 is 1.60 bits per heavy atom. The first-order valence-electron chi connectivity index (χ1n) is 7.23. The van der Waals surface area contributed by atoms with Gasteiger partial charge < -0.3 is 5.11 Å². The minimum absolute atomic E-state index is 0.00792. The van der Waals surface area contributed by atoms with Gasteiger partial charge in [-0.3, -0.25) is 9.59 Å². The van der Waals surface area contributed by atoms with Gasteiger partial charge >= 0.3 is 0 Å². The molecular weight excluding hydrogens is 252 g/mol. The van der Waals surface area contributed by atoms with Crippen LogP contribution in [0, 0.1) is 11.8 Å². The van der Waals surface area contributed by atoms with Gasteiger partial charge in [0.25, 0.3) is 0 Å². The fourth-order valence-electron chi connectivity index (χ4n) is 3.47. The molecular formula is C17H18O3.